The highest BCUT2D eigenvalue weighted by Crippen LogP contribution is 2.31. The molecule has 0 bridgehead atoms. The van der Waals surface area contributed by atoms with Crippen LogP contribution in [0.1, 0.15) is 22.6 Å². The molecule has 2 aromatic rings. The van der Waals surface area contributed by atoms with Crippen LogP contribution in [-0.4, -0.2) is 13.7 Å². The molecule has 21 heavy (non-hydrogen) atoms. The predicted octanol–water partition coefficient (Wildman–Crippen LogP) is 4.60. The SMILES string of the molecule is COc1ccc(C)cc1C(CN)Cc1ccc(Cl)c(Cl)c1. The van der Waals surface area contributed by atoms with Crippen LogP contribution in [0.2, 0.25) is 10.0 Å². The average Bonchev–Trinajstić information content (AvgIpc) is 2.48. The maximum atomic E-state index is 6.08. The van der Waals surface area contributed by atoms with Gasteiger partial charge in [-0.15, -0.1) is 0 Å². The summed E-state index contributed by atoms with van der Waals surface area (Å²) in [6.07, 6.45) is 0.799. The van der Waals surface area contributed by atoms with Crippen molar-refractivity contribution >= 4 is 23.2 Å². The quantitative estimate of drug-likeness (QED) is 0.873. The lowest BCUT2D eigenvalue weighted by molar-refractivity contribution is 0.405. The lowest BCUT2D eigenvalue weighted by Crippen LogP contribution is -2.16. The van der Waals surface area contributed by atoms with Gasteiger partial charge in [0.25, 0.3) is 0 Å². The fourth-order valence-corrected chi connectivity index (χ4v) is 2.76. The normalized spacial score (nSPS) is 12.2. The van der Waals surface area contributed by atoms with Crippen LogP contribution in [0, 0.1) is 6.92 Å². The third-order valence-corrected chi connectivity index (χ3v) is 4.31. The number of halogens is 2. The summed E-state index contributed by atoms with van der Waals surface area (Å²) in [5.74, 6) is 1.05. The van der Waals surface area contributed by atoms with Crippen LogP contribution >= 0.6 is 23.2 Å². The van der Waals surface area contributed by atoms with Crippen LogP contribution in [0.3, 0.4) is 0 Å². The Morgan fingerprint density at radius 2 is 1.86 bits per heavy atom. The fraction of sp³-hybridized carbons (Fsp3) is 0.294. The van der Waals surface area contributed by atoms with E-state index in [2.05, 4.69) is 13.0 Å². The molecule has 0 aliphatic rings. The smallest absolute Gasteiger partial charge is 0.122 e. The number of ether oxygens (including phenoxy) is 1. The number of hydrogen-bond donors (Lipinski definition) is 1. The summed E-state index contributed by atoms with van der Waals surface area (Å²) in [6.45, 7) is 2.61. The van der Waals surface area contributed by atoms with Gasteiger partial charge >= 0.3 is 0 Å². The molecule has 0 radical (unpaired) electrons. The highest BCUT2D eigenvalue weighted by molar-refractivity contribution is 6.42. The molecule has 0 aromatic heterocycles. The predicted molar refractivity (Wildman–Crippen MR) is 89.7 cm³/mol. The first-order valence-electron chi connectivity index (χ1n) is 6.83. The average molecular weight is 324 g/mol. The van der Waals surface area contributed by atoms with E-state index in [-0.39, 0.29) is 5.92 Å². The molecular weight excluding hydrogens is 305 g/mol. The Balaban J connectivity index is 2.31. The zero-order chi connectivity index (χ0) is 15.4. The second kappa shape index (κ2) is 7.17. The van der Waals surface area contributed by atoms with E-state index < -0.39 is 0 Å². The van der Waals surface area contributed by atoms with Crippen molar-refractivity contribution in [3.63, 3.8) is 0 Å². The molecule has 2 nitrogen and oxygen atoms in total. The van der Waals surface area contributed by atoms with Gasteiger partial charge in [-0.1, -0.05) is 47.0 Å². The van der Waals surface area contributed by atoms with Crippen LogP contribution in [0.25, 0.3) is 0 Å². The van der Waals surface area contributed by atoms with E-state index in [4.69, 9.17) is 33.7 Å². The molecule has 0 amide bonds. The molecule has 1 atom stereocenters. The summed E-state index contributed by atoms with van der Waals surface area (Å²) >= 11 is 12.0. The van der Waals surface area contributed by atoms with Crippen LogP contribution < -0.4 is 10.5 Å². The molecule has 0 aliphatic carbocycles. The first kappa shape index (κ1) is 16.2. The van der Waals surface area contributed by atoms with Gasteiger partial charge in [0.1, 0.15) is 5.75 Å². The maximum absolute atomic E-state index is 6.08. The monoisotopic (exact) mass is 323 g/mol. The Kier molecular flexibility index (Phi) is 5.51. The van der Waals surface area contributed by atoms with Crippen molar-refractivity contribution in [3.8, 4) is 5.75 Å². The standard InChI is InChI=1S/C17H19Cl2NO/c1-11-3-6-17(21-2)14(7-11)13(10-20)8-12-4-5-15(18)16(19)9-12/h3-7,9,13H,8,10,20H2,1-2H3. The van der Waals surface area contributed by atoms with Crippen molar-refractivity contribution in [3.05, 3.63) is 63.1 Å². The molecule has 112 valence electrons. The van der Waals surface area contributed by atoms with Gasteiger partial charge in [0, 0.05) is 5.92 Å². The Morgan fingerprint density at radius 3 is 2.48 bits per heavy atom. The summed E-state index contributed by atoms with van der Waals surface area (Å²) in [5, 5.41) is 1.14. The Hall–Kier alpha value is -1.22. The van der Waals surface area contributed by atoms with Crippen molar-refractivity contribution in [2.75, 3.05) is 13.7 Å². The van der Waals surface area contributed by atoms with Crippen molar-refractivity contribution in [2.24, 2.45) is 5.73 Å². The molecule has 0 spiro atoms. The Labute approximate surface area is 135 Å². The third kappa shape index (κ3) is 3.91. The minimum atomic E-state index is 0.178. The molecule has 2 rings (SSSR count). The third-order valence-electron chi connectivity index (χ3n) is 3.58. The summed E-state index contributed by atoms with van der Waals surface area (Å²) in [7, 11) is 1.68. The first-order chi connectivity index (χ1) is 10.0. The molecular formula is C17H19Cl2NO. The van der Waals surface area contributed by atoms with Gasteiger partial charge in [0.05, 0.1) is 17.2 Å². The minimum Gasteiger partial charge on any atom is -0.496 e. The van der Waals surface area contributed by atoms with Crippen LogP contribution in [0.5, 0.6) is 5.75 Å². The second-order valence-corrected chi connectivity index (χ2v) is 5.95. The zero-order valence-corrected chi connectivity index (χ0v) is 13.7. The van der Waals surface area contributed by atoms with Gasteiger partial charge in [-0.2, -0.15) is 0 Å². The zero-order valence-electron chi connectivity index (χ0n) is 12.2. The number of benzene rings is 2. The van der Waals surface area contributed by atoms with E-state index in [0.717, 1.165) is 23.3 Å². The molecule has 1 unspecified atom stereocenters. The van der Waals surface area contributed by atoms with Crippen LogP contribution in [0.4, 0.5) is 0 Å². The van der Waals surface area contributed by atoms with E-state index in [9.17, 15) is 0 Å². The molecule has 0 heterocycles. The summed E-state index contributed by atoms with van der Waals surface area (Å²) in [4.78, 5) is 0. The molecule has 4 heteroatoms. The lowest BCUT2D eigenvalue weighted by atomic mass is 9.90. The van der Waals surface area contributed by atoms with E-state index in [1.54, 1.807) is 7.11 Å². The highest BCUT2D eigenvalue weighted by Gasteiger charge is 2.16. The number of methoxy groups -OCH3 is 1. The summed E-state index contributed by atoms with van der Waals surface area (Å²) in [5.41, 5.74) is 9.42. The van der Waals surface area contributed by atoms with Crippen molar-refractivity contribution < 1.29 is 4.74 Å². The van der Waals surface area contributed by atoms with Gasteiger partial charge in [0.2, 0.25) is 0 Å². The highest BCUT2D eigenvalue weighted by atomic mass is 35.5. The van der Waals surface area contributed by atoms with Crippen molar-refractivity contribution in [2.45, 2.75) is 19.3 Å². The lowest BCUT2D eigenvalue weighted by Gasteiger charge is -2.19. The molecule has 0 saturated carbocycles. The van der Waals surface area contributed by atoms with Gasteiger partial charge < -0.3 is 10.5 Å². The summed E-state index contributed by atoms with van der Waals surface area (Å²) in [6, 6.07) is 11.9. The van der Waals surface area contributed by atoms with Crippen LogP contribution in [-0.2, 0) is 6.42 Å². The number of hydrogen-bond acceptors (Lipinski definition) is 2. The maximum Gasteiger partial charge on any atom is 0.122 e. The Bertz CT molecular complexity index is 628. The van der Waals surface area contributed by atoms with Crippen molar-refractivity contribution in [1.82, 2.24) is 0 Å². The Morgan fingerprint density at radius 1 is 1.10 bits per heavy atom. The largest absolute Gasteiger partial charge is 0.496 e. The van der Waals surface area contributed by atoms with E-state index >= 15 is 0 Å². The van der Waals surface area contributed by atoms with Crippen molar-refractivity contribution in [1.29, 1.82) is 0 Å². The van der Waals surface area contributed by atoms with Gasteiger partial charge in [0.15, 0.2) is 0 Å². The molecule has 2 aromatic carbocycles. The number of rotatable bonds is 5. The van der Waals surface area contributed by atoms with Gasteiger partial charge in [-0.05, 0) is 49.2 Å². The second-order valence-electron chi connectivity index (χ2n) is 5.13. The molecule has 2 N–H and O–H groups in total. The van der Waals surface area contributed by atoms with E-state index in [1.807, 2.05) is 30.3 Å². The van der Waals surface area contributed by atoms with Gasteiger partial charge in [-0.25, -0.2) is 0 Å². The fourth-order valence-electron chi connectivity index (χ4n) is 2.44. The molecule has 0 aliphatic heterocycles. The number of nitrogens with two attached hydrogens (primary N) is 1. The van der Waals surface area contributed by atoms with E-state index in [0.29, 0.717) is 16.6 Å². The van der Waals surface area contributed by atoms with Crippen LogP contribution in [0.15, 0.2) is 36.4 Å². The molecule has 0 fully saturated rings. The topological polar surface area (TPSA) is 35.2 Å². The number of aryl methyl sites for hydroxylation is 1. The summed E-state index contributed by atoms with van der Waals surface area (Å²) < 4.78 is 5.46. The first-order valence-corrected chi connectivity index (χ1v) is 7.59. The van der Waals surface area contributed by atoms with Gasteiger partial charge in [-0.3, -0.25) is 0 Å². The molecule has 0 saturated heterocycles. The minimum absolute atomic E-state index is 0.178. The van der Waals surface area contributed by atoms with E-state index in [1.165, 1.54) is 5.56 Å².